The largest absolute Gasteiger partial charge is 0.326 e. The lowest BCUT2D eigenvalue weighted by molar-refractivity contribution is -0.115. The first-order valence-corrected chi connectivity index (χ1v) is 8.47. The Kier molecular flexibility index (Phi) is 6.22. The van der Waals surface area contributed by atoms with E-state index in [1.807, 2.05) is 0 Å². The maximum absolute atomic E-state index is 12.2. The highest BCUT2D eigenvalue weighted by atomic mass is 32.1. The Hall–Kier alpha value is -2.28. The fourth-order valence-corrected chi connectivity index (χ4v) is 2.63. The Morgan fingerprint density at radius 2 is 1.83 bits per heavy atom. The van der Waals surface area contributed by atoms with Gasteiger partial charge in [0.15, 0.2) is 0 Å². The third-order valence-electron chi connectivity index (χ3n) is 3.18. The average molecular weight is 332 g/mol. The van der Waals surface area contributed by atoms with Crippen molar-refractivity contribution in [2.75, 3.05) is 10.6 Å². The van der Waals surface area contributed by atoms with E-state index in [1.54, 1.807) is 31.2 Å². The molecule has 6 nitrogen and oxygen atoms in total. The van der Waals surface area contributed by atoms with Gasteiger partial charge < -0.3 is 5.32 Å². The molecule has 23 heavy (non-hydrogen) atoms. The second kappa shape index (κ2) is 8.38. The average Bonchev–Trinajstić information content (AvgIpc) is 3.00. The second-order valence-corrected chi connectivity index (χ2v) is 6.10. The molecule has 0 fully saturated rings. The zero-order valence-corrected chi connectivity index (χ0v) is 14.1. The number of nitrogens with one attached hydrogen (secondary N) is 2. The van der Waals surface area contributed by atoms with E-state index in [9.17, 15) is 9.59 Å². The molecule has 2 aromatic rings. The molecule has 2 amide bonds. The summed E-state index contributed by atoms with van der Waals surface area (Å²) in [6.07, 6.45) is 3.46. The molecule has 0 unspecified atom stereocenters. The van der Waals surface area contributed by atoms with E-state index in [0.717, 1.165) is 24.3 Å². The summed E-state index contributed by atoms with van der Waals surface area (Å²) < 4.78 is 0. The molecular formula is C16H20N4O2S. The molecule has 0 atom stereocenters. The van der Waals surface area contributed by atoms with Gasteiger partial charge in [-0.25, -0.2) is 0 Å². The van der Waals surface area contributed by atoms with Gasteiger partial charge in [-0.2, -0.15) is 0 Å². The summed E-state index contributed by atoms with van der Waals surface area (Å²) in [4.78, 5) is 23.5. The predicted octanol–water partition coefficient (Wildman–Crippen LogP) is 3.48. The van der Waals surface area contributed by atoms with Crippen LogP contribution in [0.2, 0.25) is 0 Å². The molecule has 122 valence electrons. The molecule has 0 saturated carbocycles. The highest BCUT2D eigenvalue weighted by Crippen LogP contribution is 2.18. The Bertz CT molecular complexity index is 667. The molecule has 1 aromatic heterocycles. The lowest BCUT2D eigenvalue weighted by Crippen LogP contribution is -2.12. The van der Waals surface area contributed by atoms with Gasteiger partial charge in [-0.1, -0.05) is 31.6 Å². The number of carbonyl (C=O) groups is 2. The van der Waals surface area contributed by atoms with E-state index in [4.69, 9.17) is 0 Å². The number of benzene rings is 1. The van der Waals surface area contributed by atoms with Crippen LogP contribution in [-0.2, 0) is 11.2 Å². The van der Waals surface area contributed by atoms with Crippen LogP contribution in [0.15, 0.2) is 24.3 Å². The minimum atomic E-state index is -0.239. The van der Waals surface area contributed by atoms with Crippen molar-refractivity contribution in [1.82, 2.24) is 10.2 Å². The molecule has 0 bridgehead atoms. The molecule has 1 aromatic carbocycles. The molecule has 0 aliphatic heterocycles. The van der Waals surface area contributed by atoms with Crippen molar-refractivity contribution in [2.24, 2.45) is 0 Å². The van der Waals surface area contributed by atoms with Gasteiger partial charge in [0.2, 0.25) is 11.0 Å². The lowest BCUT2D eigenvalue weighted by atomic mass is 10.2. The van der Waals surface area contributed by atoms with Crippen LogP contribution < -0.4 is 10.6 Å². The molecule has 0 saturated heterocycles. The van der Waals surface area contributed by atoms with E-state index in [1.165, 1.54) is 11.3 Å². The maximum Gasteiger partial charge on any atom is 0.257 e. The van der Waals surface area contributed by atoms with Gasteiger partial charge in [0.1, 0.15) is 5.01 Å². The quantitative estimate of drug-likeness (QED) is 0.813. The predicted molar refractivity (Wildman–Crippen MR) is 91.8 cm³/mol. The molecule has 2 rings (SSSR count). The fraction of sp³-hybridized carbons (Fsp3) is 0.375. The summed E-state index contributed by atoms with van der Waals surface area (Å²) in [5.41, 5.74) is 1.18. The lowest BCUT2D eigenvalue weighted by Gasteiger charge is -2.05. The van der Waals surface area contributed by atoms with Gasteiger partial charge in [-0.05, 0) is 30.7 Å². The van der Waals surface area contributed by atoms with Crippen LogP contribution in [0.3, 0.4) is 0 Å². The zero-order chi connectivity index (χ0) is 16.7. The first-order valence-electron chi connectivity index (χ1n) is 7.66. The van der Waals surface area contributed by atoms with E-state index in [0.29, 0.717) is 22.8 Å². The second-order valence-electron chi connectivity index (χ2n) is 5.04. The minimum Gasteiger partial charge on any atom is -0.326 e. The summed E-state index contributed by atoms with van der Waals surface area (Å²) in [7, 11) is 0. The van der Waals surface area contributed by atoms with E-state index < -0.39 is 0 Å². The Labute approximate surface area is 139 Å². The number of hydrogen-bond donors (Lipinski definition) is 2. The fourth-order valence-electron chi connectivity index (χ4n) is 1.86. The van der Waals surface area contributed by atoms with Crippen LogP contribution in [-0.4, -0.2) is 22.0 Å². The van der Waals surface area contributed by atoms with Crippen LogP contribution in [0.1, 0.15) is 48.5 Å². The van der Waals surface area contributed by atoms with Crippen molar-refractivity contribution in [3.05, 3.63) is 34.8 Å². The number of aromatic nitrogens is 2. The molecule has 7 heteroatoms. The molecular weight excluding hydrogens is 312 g/mol. The van der Waals surface area contributed by atoms with Gasteiger partial charge in [0, 0.05) is 24.1 Å². The highest BCUT2D eigenvalue weighted by Gasteiger charge is 2.10. The van der Waals surface area contributed by atoms with E-state index in [-0.39, 0.29) is 11.8 Å². The Morgan fingerprint density at radius 3 is 2.48 bits per heavy atom. The normalized spacial score (nSPS) is 10.3. The van der Waals surface area contributed by atoms with Crippen molar-refractivity contribution >= 4 is 34.0 Å². The molecule has 0 spiro atoms. The summed E-state index contributed by atoms with van der Waals surface area (Å²) >= 11 is 1.40. The molecule has 2 N–H and O–H groups in total. The molecule has 1 heterocycles. The minimum absolute atomic E-state index is 0.0596. The van der Waals surface area contributed by atoms with Gasteiger partial charge in [0.25, 0.3) is 5.91 Å². The van der Waals surface area contributed by atoms with Crippen LogP contribution >= 0.6 is 11.3 Å². The maximum atomic E-state index is 12.2. The zero-order valence-electron chi connectivity index (χ0n) is 13.3. The summed E-state index contributed by atoms with van der Waals surface area (Å²) in [6.45, 7) is 3.91. The molecule has 0 aliphatic rings. The number of amides is 2. The van der Waals surface area contributed by atoms with Crippen LogP contribution in [0, 0.1) is 0 Å². The van der Waals surface area contributed by atoms with Crippen LogP contribution in [0.5, 0.6) is 0 Å². The standard InChI is InChI=1S/C16H20N4O2S/c1-3-5-6-14-19-20-16(23-14)18-15(22)11-7-9-12(10-8-11)17-13(21)4-2/h7-10H,3-6H2,1-2H3,(H,17,21)(H,18,20,22). The third kappa shape index (κ3) is 5.14. The summed E-state index contributed by atoms with van der Waals surface area (Å²) in [5.74, 6) is -0.299. The third-order valence-corrected chi connectivity index (χ3v) is 4.08. The summed E-state index contributed by atoms with van der Waals surface area (Å²) in [5, 5.41) is 15.0. The molecule has 0 aliphatic carbocycles. The van der Waals surface area contributed by atoms with Crippen molar-refractivity contribution in [3.63, 3.8) is 0 Å². The van der Waals surface area contributed by atoms with Gasteiger partial charge in [0.05, 0.1) is 0 Å². The Morgan fingerprint density at radius 1 is 1.09 bits per heavy atom. The highest BCUT2D eigenvalue weighted by molar-refractivity contribution is 7.15. The van der Waals surface area contributed by atoms with Gasteiger partial charge in [-0.15, -0.1) is 10.2 Å². The first-order chi connectivity index (χ1) is 11.1. The van der Waals surface area contributed by atoms with Crippen molar-refractivity contribution in [2.45, 2.75) is 39.5 Å². The monoisotopic (exact) mass is 332 g/mol. The van der Waals surface area contributed by atoms with Crippen molar-refractivity contribution in [3.8, 4) is 0 Å². The SMILES string of the molecule is CCCCc1nnc(NC(=O)c2ccc(NC(=O)CC)cc2)s1. The van der Waals surface area contributed by atoms with Crippen molar-refractivity contribution < 1.29 is 9.59 Å². The van der Waals surface area contributed by atoms with E-state index in [2.05, 4.69) is 27.8 Å². The van der Waals surface area contributed by atoms with Gasteiger partial charge >= 0.3 is 0 Å². The number of nitrogens with zero attached hydrogens (tertiary/aromatic N) is 2. The van der Waals surface area contributed by atoms with Gasteiger partial charge in [-0.3, -0.25) is 14.9 Å². The molecule has 0 radical (unpaired) electrons. The number of hydrogen-bond acceptors (Lipinski definition) is 5. The smallest absolute Gasteiger partial charge is 0.257 e. The van der Waals surface area contributed by atoms with Crippen LogP contribution in [0.25, 0.3) is 0 Å². The van der Waals surface area contributed by atoms with Crippen molar-refractivity contribution in [1.29, 1.82) is 0 Å². The first kappa shape index (κ1) is 17.1. The number of aryl methyl sites for hydroxylation is 1. The Balaban J connectivity index is 1.95. The van der Waals surface area contributed by atoms with E-state index >= 15 is 0 Å². The number of anilines is 2. The van der Waals surface area contributed by atoms with Crippen LogP contribution in [0.4, 0.5) is 10.8 Å². The number of rotatable bonds is 7. The topological polar surface area (TPSA) is 84.0 Å². The number of unbranched alkanes of at least 4 members (excludes halogenated alkanes) is 1. The summed E-state index contributed by atoms with van der Waals surface area (Å²) in [6, 6.07) is 6.74. The number of carbonyl (C=O) groups excluding carboxylic acids is 2.